The van der Waals surface area contributed by atoms with Crippen molar-refractivity contribution in [1.82, 2.24) is 0 Å². The third kappa shape index (κ3) is 4.52. The molecule has 0 bridgehead atoms. The molecule has 0 aromatic carbocycles. The van der Waals surface area contributed by atoms with Crippen molar-refractivity contribution in [2.75, 3.05) is 0 Å². The average molecular weight is 172 g/mol. The van der Waals surface area contributed by atoms with E-state index in [-0.39, 0.29) is 5.92 Å². The summed E-state index contributed by atoms with van der Waals surface area (Å²) in [5.41, 5.74) is 0. The predicted molar refractivity (Wildman–Crippen MR) is 50.9 cm³/mol. The van der Waals surface area contributed by atoms with Crippen molar-refractivity contribution in [3.05, 3.63) is 12.7 Å². The fraction of sp³-hybridized carbons (Fsp3) is 0.800. The second-order valence-electron chi connectivity index (χ2n) is 3.52. The normalized spacial score (nSPS) is 16.1. The first-order valence-corrected chi connectivity index (χ1v) is 4.56. The van der Waals surface area contributed by atoms with Crippen LogP contribution in [0, 0.1) is 5.92 Å². The highest BCUT2D eigenvalue weighted by Gasteiger charge is 2.18. The van der Waals surface area contributed by atoms with Crippen LogP contribution >= 0.6 is 0 Å². The minimum Gasteiger partial charge on any atom is -0.390 e. The lowest BCUT2D eigenvalue weighted by atomic mass is 9.98. The van der Waals surface area contributed by atoms with Gasteiger partial charge in [-0.25, -0.2) is 0 Å². The third-order valence-corrected chi connectivity index (χ3v) is 1.99. The van der Waals surface area contributed by atoms with E-state index >= 15 is 0 Å². The van der Waals surface area contributed by atoms with E-state index in [1.165, 1.54) is 0 Å². The van der Waals surface area contributed by atoms with Gasteiger partial charge in [0.25, 0.3) is 0 Å². The molecule has 0 aliphatic heterocycles. The van der Waals surface area contributed by atoms with Crippen LogP contribution in [-0.4, -0.2) is 22.4 Å². The van der Waals surface area contributed by atoms with Crippen LogP contribution in [0.25, 0.3) is 0 Å². The maximum Gasteiger partial charge on any atom is 0.0821 e. The van der Waals surface area contributed by atoms with Gasteiger partial charge in [0.05, 0.1) is 12.2 Å². The maximum atomic E-state index is 9.43. The molecular weight excluding hydrogens is 152 g/mol. The zero-order chi connectivity index (χ0) is 9.56. The molecular formula is C10H20O2. The zero-order valence-electron chi connectivity index (χ0n) is 8.03. The molecule has 0 saturated carbocycles. The van der Waals surface area contributed by atoms with E-state index in [0.717, 1.165) is 12.8 Å². The molecule has 0 saturated heterocycles. The first kappa shape index (κ1) is 11.7. The quantitative estimate of drug-likeness (QED) is 0.473. The second kappa shape index (κ2) is 6.21. The predicted octanol–water partition coefficient (Wildman–Crippen LogP) is 1.72. The highest BCUT2D eigenvalue weighted by atomic mass is 16.3. The van der Waals surface area contributed by atoms with Gasteiger partial charge in [0.1, 0.15) is 0 Å². The van der Waals surface area contributed by atoms with E-state index in [4.69, 9.17) is 0 Å². The van der Waals surface area contributed by atoms with Crippen LogP contribution in [0.4, 0.5) is 0 Å². The Kier molecular flexibility index (Phi) is 6.03. The molecule has 2 nitrogen and oxygen atoms in total. The largest absolute Gasteiger partial charge is 0.390 e. The van der Waals surface area contributed by atoms with E-state index in [0.29, 0.717) is 6.42 Å². The average Bonchev–Trinajstić information content (AvgIpc) is 2.03. The van der Waals surface area contributed by atoms with Crippen LogP contribution in [0.2, 0.25) is 0 Å². The fourth-order valence-corrected chi connectivity index (χ4v) is 1.09. The van der Waals surface area contributed by atoms with E-state index in [9.17, 15) is 10.2 Å². The van der Waals surface area contributed by atoms with Gasteiger partial charge in [-0.05, 0) is 25.2 Å². The number of rotatable bonds is 6. The highest BCUT2D eigenvalue weighted by molar-refractivity contribution is 4.73. The smallest absolute Gasteiger partial charge is 0.0821 e. The molecule has 0 fully saturated rings. The molecule has 0 spiro atoms. The Hall–Kier alpha value is -0.340. The fourth-order valence-electron chi connectivity index (χ4n) is 1.09. The van der Waals surface area contributed by atoms with Crippen LogP contribution in [-0.2, 0) is 0 Å². The first-order chi connectivity index (χ1) is 5.59. The Morgan fingerprint density at radius 1 is 1.33 bits per heavy atom. The monoisotopic (exact) mass is 172 g/mol. The minimum atomic E-state index is -0.588. The molecule has 0 radical (unpaired) electrons. The summed E-state index contributed by atoms with van der Waals surface area (Å²) in [6.07, 6.45) is 3.12. The molecule has 0 aliphatic rings. The number of unbranched alkanes of at least 4 members (excludes halogenated alkanes) is 1. The highest BCUT2D eigenvalue weighted by Crippen LogP contribution is 2.11. The SMILES string of the molecule is C=CCCCC(O)C(O)C(C)C. The van der Waals surface area contributed by atoms with Crippen molar-refractivity contribution in [2.24, 2.45) is 5.92 Å². The van der Waals surface area contributed by atoms with E-state index in [1.807, 2.05) is 19.9 Å². The Labute approximate surface area is 74.9 Å². The zero-order valence-corrected chi connectivity index (χ0v) is 8.03. The van der Waals surface area contributed by atoms with Gasteiger partial charge in [-0.3, -0.25) is 0 Å². The van der Waals surface area contributed by atoms with Crippen molar-refractivity contribution in [3.63, 3.8) is 0 Å². The van der Waals surface area contributed by atoms with Crippen molar-refractivity contribution in [3.8, 4) is 0 Å². The number of hydrogen-bond acceptors (Lipinski definition) is 2. The summed E-state index contributed by atoms with van der Waals surface area (Å²) in [5.74, 6) is 0.128. The summed E-state index contributed by atoms with van der Waals surface area (Å²) >= 11 is 0. The Balaban J connectivity index is 3.56. The lowest BCUT2D eigenvalue weighted by Gasteiger charge is -2.20. The van der Waals surface area contributed by atoms with Gasteiger partial charge in [-0.15, -0.1) is 6.58 Å². The first-order valence-electron chi connectivity index (χ1n) is 4.56. The van der Waals surface area contributed by atoms with Gasteiger partial charge in [0.2, 0.25) is 0 Å². The van der Waals surface area contributed by atoms with E-state index in [2.05, 4.69) is 6.58 Å². The molecule has 0 rings (SSSR count). The van der Waals surface area contributed by atoms with Gasteiger partial charge < -0.3 is 10.2 Å². The van der Waals surface area contributed by atoms with Gasteiger partial charge in [0, 0.05) is 0 Å². The van der Waals surface area contributed by atoms with Gasteiger partial charge in [-0.2, -0.15) is 0 Å². The summed E-state index contributed by atoms with van der Waals surface area (Å²) in [7, 11) is 0. The number of hydrogen-bond donors (Lipinski definition) is 2. The van der Waals surface area contributed by atoms with Crippen LogP contribution < -0.4 is 0 Å². The number of aliphatic hydroxyl groups excluding tert-OH is 2. The number of allylic oxidation sites excluding steroid dienone is 1. The molecule has 72 valence electrons. The van der Waals surface area contributed by atoms with E-state index < -0.39 is 12.2 Å². The Bertz CT molecular complexity index is 121. The van der Waals surface area contributed by atoms with Crippen LogP contribution in [0.5, 0.6) is 0 Å². The summed E-state index contributed by atoms with van der Waals surface area (Å²) < 4.78 is 0. The van der Waals surface area contributed by atoms with Gasteiger partial charge >= 0.3 is 0 Å². The van der Waals surface area contributed by atoms with Gasteiger partial charge in [0.15, 0.2) is 0 Å². The lowest BCUT2D eigenvalue weighted by molar-refractivity contribution is -0.0128. The molecule has 0 amide bonds. The van der Waals surface area contributed by atoms with Crippen LogP contribution in [0.3, 0.4) is 0 Å². The molecule has 0 aromatic rings. The minimum absolute atomic E-state index is 0.128. The summed E-state index contributed by atoms with van der Waals surface area (Å²) in [5, 5.41) is 18.8. The van der Waals surface area contributed by atoms with Crippen LogP contribution in [0.15, 0.2) is 12.7 Å². The maximum absolute atomic E-state index is 9.43. The summed E-state index contributed by atoms with van der Waals surface area (Å²) in [4.78, 5) is 0. The molecule has 0 aromatic heterocycles. The number of aliphatic hydroxyl groups is 2. The van der Waals surface area contributed by atoms with Crippen molar-refractivity contribution in [2.45, 2.75) is 45.3 Å². The summed E-state index contributed by atoms with van der Waals surface area (Å²) in [6, 6.07) is 0. The molecule has 0 aliphatic carbocycles. The second-order valence-corrected chi connectivity index (χ2v) is 3.52. The topological polar surface area (TPSA) is 40.5 Å². The Morgan fingerprint density at radius 2 is 1.92 bits per heavy atom. The molecule has 0 heterocycles. The third-order valence-electron chi connectivity index (χ3n) is 1.99. The Morgan fingerprint density at radius 3 is 2.33 bits per heavy atom. The standard InChI is InChI=1S/C10H20O2/c1-4-5-6-7-9(11)10(12)8(2)3/h4,8-12H,1,5-7H2,2-3H3. The van der Waals surface area contributed by atoms with Gasteiger partial charge in [-0.1, -0.05) is 19.9 Å². The molecule has 2 N–H and O–H groups in total. The molecule has 2 unspecified atom stereocenters. The van der Waals surface area contributed by atoms with Crippen molar-refractivity contribution in [1.29, 1.82) is 0 Å². The van der Waals surface area contributed by atoms with Crippen molar-refractivity contribution >= 4 is 0 Å². The molecule has 2 heteroatoms. The van der Waals surface area contributed by atoms with Crippen LogP contribution in [0.1, 0.15) is 33.1 Å². The molecule has 2 atom stereocenters. The van der Waals surface area contributed by atoms with Crippen molar-refractivity contribution < 1.29 is 10.2 Å². The molecule has 12 heavy (non-hydrogen) atoms. The lowest BCUT2D eigenvalue weighted by Crippen LogP contribution is -2.30. The summed E-state index contributed by atoms with van der Waals surface area (Å²) in [6.45, 7) is 7.40. The van der Waals surface area contributed by atoms with E-state index in [1.54, 1.807) is 0 Å².